The quantitative estimate of drug-likeness (QED) is 0.830. The van der Waals surface area contributed by atoms with Crippen molar-refractivity contribution in [3.8, 4) is 0 Å². The van der Waals surface area contributed by atoms with Gasteiger partial charge in [-0.1, -0.05) is 18.6 Å². The first kappa shape index (κ1) is 17.1. The largest absolute Gasteiger partial charge is 0.481 e. The highest BCUT2D eigenvalue weighted by atomic mass is 16.4. The van der Waals surface area contributed by atoms with Gasteiger partial charge in [0.2, 0.25) is 5.91 Å². The van der Waals surface area contributed by atoms with Crippen LogP contribution in [0.1, 0.15) is 39.6 Å². The molecule has 2 aliphatic rings. The molecule has 1 aromatic carbocycles. The molecule has 7 heteroatoms. The summed E-state index contributed by atoms with van der Waals surface area (Å²) < 4.78 is 0. The predicted molar refractivity (Wildman–Crippen MR) is 88.0 cm³/mol. The third kappa shape index (κ3) is 3.01. The number of amides is 3. The van der Waals surface area contributed by atoms with Crippen LogP contribution in [0.5, 0.6) is 0 Å². The summed E-state index contributed by atoms with van der Waals surface area (Å²) >= 11 is 0. The van der Waals surface area contributed by atoms with Crippen molar-refractivity contribution in [2.45, 2.75) is 20.3 Å². The maximum Gasteiger partial charge on any atom is 0.306 e. The Morgan fingerprint density at radius 3 is 2.52 bits per heavy atom. The number of hydrogen-bond donors (Lipinski definition) is 1. The zero-order valence-electron chi connectivity index (χ0n) is 14.2. The number of carboxylic acids is 1. The molecule has 0 spiro atoms. The maximum atomic E-state index is 12.5. The summed E-state index contributed by atoms with van der Waals surface area (Å²) in [5.74, 6) is -2.73. The lowest BCUT2D eigenvalue weighted by molar-refractivity contribution is -0.148. The van der Waals surface area contributed by atoms with Crippen LogP contribution in [0, 0.1) is 18.8 Å². The summed E-state index contributed by atoms with van der Waals surface area (Å²) in [6.07, 6.45) is 0.379. The SMILES string of the molecule is Cc1ccc2c(c1)C(=O)N(CC(=O)N1CCC(C(=O)O)C(C)C1)C2=O. The Morgan fingerprint density at radius 2 is 1.88 bits per heavy atom. The summed E-state index contributed by atoms with van der Waals surface area (Å²) in [5.41, 5.74) is 1.52. The second kappa shape index (κ2) is 6.31. The molecule has 2 atom stereocenters. The number of rotatable bonds is 3. The minimum Gasteiger partial charge on any atom is -0.481 e. The van der Waals surface area contributed by atoms with E-state index in [0.29, 0.717) is 30.6 Å². The molecule has 1 fully saturated rings. The molecule has 0 aliphatic carbocycles. The first-order valence-electron chi connectivity index (χ1n) is 8.27. The Kier molecular flexibility index (Phi) is 4.32. The number of likely N-dealkylation sites (tertiary alicyclic amines) is 1. The highest BCUT2D eigenvalue weighted by Crippen LogP contribution is 2.26. The summed E-state index contributed by atoms with van der Waals surface area (Å²) in [6.45, 7) is 3.96. The highest BCUT2D eigenvalue weighted by Gasteiger charge is 2.39. The second-order valence-electron chi connectivity index (χ2n) is 6.80. The van der Waals surface area contributed by atoms with Crippen LogP contribution in [0.25, 0.3) is 0 Å². The number of piperidine rings is 1. The van der Waals surface area contributed by atoms with Crippen LogP contribution in [-0.2, 0) is 9.59 Å². The molecule has 132 valence electrons. The minimum absolute atomic E-state index is 0.167. The van der Waals surface area contributed by atoms with Crippen molar-refractivity contribution < 1.29 is 24.3 Å². The minimum atomic E-state index is -0.852. The Bertz CT molecular complexity index is 773. The van der Waals surface area contributed by atoms with Crippen LogP contribution in [-0.4, -0.2) is 58.2 Å². The maximum absolute atomic E-state index is 12.5. The van der Waals surface area contributed by atoms with Crippen LogP contribution in [0.4, 0.5) is 0 Å². The van der Waals surface area contributed by atoms with Gasteiger partial charge in [-0.2, -0.15) is 0 Å². The van der Waals surface area contributed by atoms with Gasteiger partial charge in [-0.15, -0.1) is 0 Å². The van der Waals surface area contributed by atoms with Crippen molar-refractivity contribution in [2.24, 2.45) is 11.8 Å². The van der Waals surface area contributed by atoms with Gasteiger partial charge in [-0.05, 0) is 31.4 Å². The molecule has 0 radical (unpaired) electrons. The van der Waals surface area contributed by atoms with E-state index in [1.54, 1.807) is 30.0 Å². The molecule has 0 bridgehead atoms. The van der Waals surface area contributed by atoms with Crippen molar-refractivity contribution in [3.05, 3.63) is 34.9 Å². The third-order valence-corrected chi connectivity index (χ3v) is 4.99. The fourth-order valence-corrected chi connectivity index (χ4v) is 3.52. The summed E-state index contributed by atoms with van der Waals surface area (Å²) in [4.78, 5) is 51.0. The zero-order chi connectivity index (χ0) is 18.3. The fraction of sp³-hybridized carbons (Fsp3) is 0.444. The van der Waals surface area contributed by atoms with Crippen LogP contribution >= 0.6 is 0 Å². The van der Waals surface area contributed by atoms with Crippen LogP contribution in [0.3, 0.4) is 0 Å². The first-order valence-corrected chi connectivity index (χ1v) is 8.27. The summed E-state index contributed by atoms with van der Waals surface area (Å²) in [7, 11) is 0. The zero-order valence-corrected chi connectivity index (χ0v) is 14.2. The molecule has 0 aromatic heterocycles. The molecule has 25 heavy (non-hydrogen) atoms. The number of nitrogens with zero attached hydrogens (tertiary/aromatic N) is 2. The molecule has 2 aliphatic heterocycles. The number of benzene rings is 1. The second-order valence-corrected chi connectivity index (χ2v) is 6.80. The van der Waals surface area contributed by atoms with E-state index in [2.05, 4.69) is 0 Å². The molecular formula is C18H20N2O5. The van der Waals surface area contributed by atoms with Crippen molar-refractivity contribution >= 4 is 23.7 Å². The normalized spacial score (nSPS) is 23.0. The molecule has 1 N–H and O–H groups in total. The molecule has 2 heterocycles. The molecule has 3 rings (SSSR count). The molecule has 0 saturated carbocycles. The van der Waals surface area contributed by atoms with Gasteiger partial charge in [0.15, 0.2) is 0 Å². The first-order chi connectivity index (χ1) is 11.8. The van der Waals surface area contributed by atoms with E-state index in [9.17, 15) is 19.2 Å². The van der Waals surface area contributed by atoms with Gasteiger partial charge in [0, 0.05) is 13.1 Å². The number of carbonyl (C=O) groups is 4. The lowest BCUT2D eigenvalue weighted by atomic mass is 9.87. The molecule has 3 amide bonds. The molecule has 7 nitrogen and oxygen atoms in total. The number of fused-ring (bicyclic) bond motifs is 1. The van der Waals surface area contributed by atoms with Crippen molar-refractivity contribution in [3.63, 3.8) is 0 Å². The van der Waals surface area contributed by atoms with E-state index in [1.165, 1.54) is 0 Å². The van der Waals surface area contributed by atoms with E-state index in [4.69, 9.17) is 5.11 Å². The van der Waals surface area contributed by atoms with E-state index in [-0.39, 0.29) is 18.4 Å². The topological polar surface area (TPSA) is 95.0 Å². The van der Waals surface area contributed by atoms with Gasteiger partial charge in [0.25, 0.3) is 11.8 Å². The number of aliphatic carboxylic acids is 1. The Hall–Kier alpha value is -2.70. The van der Waals surface area contributed by atoms with Gasteiger partial charge >= 0.3 is 5.97 Å². The predicted octanol–water partition coefficient (Wildman–Crippen LogP) is 1.16. The summed E-state index contributed by atoms with van der Waals surface area (Å²) in [6, 6.07) is 5.02. The molecule has 2 unspecified atom stereocenters. The van der Waals surface area contributed by atoms with Gasteiger partial charge in [0.05, 0.1) is 17.0 Å². The smallest absolute Gasteiger partial charge is 0.306 e. The monoisotopic (exact) mass is 344 g/mol. The summed E-state index contributed by atoms with van der Waals surface area (Å²) in [5, 5.41) is 9.15. The van der Waals surface area contributed by atoms with Gasteiger partial charge in [0.1, 0.15) is 6.54 Å². The van der Waals surface area contributed by atoms with Crippen molar-refractivity contribution in [1.29, 1.82) is 0 Å². The number of carbonyl (C=O) groups excluding carboxylic acids is 3. The van der Waals surface area contributed by atoms with E-state index < -0.39 is 23.7 Å². The molecule has 1 saturated heterocycles. The van der Waals surface area contributed by atoms with E-state index in [0.717, 1.165) is 10.5 Å². The fourth-order valence-electron chi connectivity index (χ4n) is 3.52. The Morgan fingerprint density at radius 1 is 1.20 bits per heavy atom. The number of hydrogen-bond acceptors (Lipinski definition) is 4. The Balaban J connectivity index is 1.69. The lowest BCUT2D eigenvalue weighted by Crippen LogP contribution is -2.49. The number of imide groups is 1. The van der Waals surface area contributed by atoms with Crippen LogP contribution in [0.2, 0.25) is 0 Å². The standard InChI is InChI=1S/C18H20N2O5/c1-10-3-4-13-14(7-10)17(23)20(16(13)22)9-15(21)19-6-5-12(18(24)25)11(2)8-19/h3-4,7,11-12H,5-6,8-9H2,1-2H3,(H,24,25). The Labute approximate surface area is 145 Å². The lowest BCUT2D eigenvalue weighted by Gasteiger charge is -2.35. The van der Waals surface area contributed by atoms with E-state index >= 15 is 0 Å². The highest BCUT2D eigenvalue weighted by molar-refractivity contribution is 6.22. The van der Waals surface area contributed by atoms with Crippen LogP contribution in [0.15, 0.2) is 18.2 Å². The third-order valence-electron chi connectivity index (χ3n) is 4.99. The number of carboxylic acid groups (broad SMARTS) is 1. The van der Waals surface area contributed by atoms with Crippen LogP contribution < -0.4 is 0 Å². The average Bonchev–Trinajstić information content (AvgIpc) is 2.78. The van der Waals surface area contributed by atoms with Gasteiger partial charge < -0.3 is 10.0 Å². The number of aryl methyl sites for hydroxylation is 1. The van der Waals surface area contributed by atoms with Gasteiger partial charge in [-0.25, -0.2) is 0 Å². The molecule has 1 aromatic rings. The van der Waals surface area contributed by atoms with Gasteiger partial charge in [-0.3, -0.25) is 24.1 Å². The van der Waals surface area contributed by atoms with E-state index in [1.807, 2.05) is 6.92 Å². The molecular weight excluding hydrogens is 324 g/mol. The van der Waals surface area contributed by atoms with Crippen molar-refractivity contribution in [2.75, 3.05) is 19.6 Å². The van der Waals surface area contributed by atoms with Crippen molar-refractivity contribution in [1.82, 2.24) is 9.80 Å². The average molecular weight is 344 g/mol.